The Kier molecular flexibility index (Phi) is 7.73. The van der Waals surface area contributed by atoms with Crippen LogP contribution in [0.4, 0.5) is 5.82 Å². The van der Waals surface area contributed by atoms with E-state index in [2.05, 4.69) is 20.5 Å². The minimum absolute atomic E-state index is 0.0309. The minimum Gasteiger partial charge on any atom is -0.476 e. The number of fused-ring (bicyclic) bond motifs is 2. The monoisotopic (exact) mass is 520 g/mol. The van der Waals surface area contributed by atoms with Gasteiger partial charge in [0.1, 0.15) is 11.6 Å². The number of benzene rings is 1. The molecule has 2 bridgehead atoms. The van der Waals surface area contributed by atoms with Crippen LogP contribution in [-0.4, -0.2) is 58.8 Å². The molecule has 0 spiro atoms. The topological polar surface area (TPSA) is 104 Å². The van der Waals surface area contributed by atoms with E-state index in [1.807, 2.05) is 6.07 Å². The summed E-state index contributed by atoms with van der Waals surface area (Å²) in [6.45, 7) is 3.54. The molecule has 2 fully saturated rings. The number of aliphatic hydroxyl groups excluding tert-OH is 1. The summed E-state index contributed by atoms with van der Waals surface area (Å²) in [7, 11) is 0. The molecule has 2 aliphatic heterocycles. The van der Waals surface area contributed by atoms with E-state index in [1.54, 1.807) is 44.3 Å². The van der Waals surface area contributed by atoms with E-state index in [0.717, 1.165) is 31.5 Å². The van der Waals surface area contributed by atoms with Gasteiger partial charge in [0.15, 0.2) is 5.60 Å². The zero-order valence-corrected chi connectivity index (χ0v) is 21.3. The van der Waals surface area contributed by atoms with Gasteiger partial charge in [0, 0.05) is 35.9 Å². The van der Waals surface area contributed by atoms with Crippen molar-refractivity contribution in [2.24, 2.45) is 0 Å². The molecule has 0 radical (unpaired) electrons. The van der Waals surface area contributed by atoms with E-state index in [-0.39, 0.29) is 43.1 Å². The number of amides is 2. The molecular weight excluding hydrogens is 491 g/mol. The second-order valence-corrected chi connectivity index (χ2v) is 10.3. The Morgan fingerprint density at radius 2 is 1.89 bits per heavy atom. The molecule has 1 aromatic carbocycles. The van der Waals surface area contributed by atoms with Gasteiger partial charge in [-0.05, 0) is 69.9 Å². The number of anilines is 1. The van der Waals surface area contributed by atoms with E-state index >= 15 is 0 Å². The average molecular weight is 521 g/mol. The number of pyridine rings is 1. The highest BCUT2D eigenvalue weighted by atomic mass is 35.5. The summed E-state index contributed by atoms with van der Waals surface area (Å²) in [5, 5.41) is 15.5. The first-order valence-electron chi connectivity index (χ1n) is 11.8. The molecule has 2 saturated heterocycles. The van der Waals surface area contributed by atoms with Crippen molar-refractivity contribution in [3.8, 4) is 5.75 Å². The van der Waals surface area contributed by atoms with Gasteiger partial charge in [0.05, 0.1) is 17.2 Å². The lowest BCUT2D eigenvalue weighted by Crippen LogP contribution is -2.55. The fourth-order valence-corrected chi connectivity index (χ4v) is 5.30. The predicted molar refractivity (Wildman–Crippen MR) is 135 cm³/mol. The number of rotatable bonds is 8. The quantitative estimate of drug-likeness (QED) is 0.491. The normalized spacial score (nSPS) is 21.5. The second-order valence-electron chi connectivity index (χ2n) is 9.51. The van der Waals surface area contributed by atoms with Crippen molar-refractivity contribution in [3.63, 3.8) is 0 Å². The fourth-order valence-electron chi connectivity index (χ4n) is 4.85. The molecule has 2 aliphatic rings. The van der Waals surface area contributed by atoms with Gasteiger partial charge in [-0.25, -0.2) is 4.98 Å². The highest BCUT2D eigenvalue weighted by Crippen LogP contribution is 2.39. The second kappa shape index (κ2) is 10.6. The van der Waals surface area contributed by atoms with Crippen LogP contribution in [0.1, 0.15) is 49.9 Å². The molecule has 3 N–H and O–H groups in total. The Labute approximate surface area is 215 Å². The summed E-state index contributed by atoms with van der Waals surface area (Å²) in [4.78, 5) is 32.0. The van der Waals surface area contributed by atoms with Gasteiger partial charge in [0.25, 0.3) is 11.8 Å². The molecular formula is C25H30Cl2N4O4. The Bertz CT molecular complexity index is 1070. The van der Waals surface area contributed by atoms with Crippen LogP contribution in [-0.2, 0) is 4.79 Å². The highest BCUT2D eigenvalue weighted by molar-refractivity contribution is 6.35. The Morgan fingerprint density at radius 1 is 1.17 bits per heavy atom. The number of aliphatic hydroxyl groups is 1. The number of carbonyl (C=O) groups excluding carboxylic acids is 2. The fraction of sp³-hybridized carbons (Fsp3) is 0.480. The first kappa shape index (κ1) is 25.5. The SMILES string of the molecule is CC(C)(Oc1ccc(Cl)cc1Cl)C(=O)N[C@H]1C[C@H]2CC[C@@H](C1)N2c1ccc(C(=O)NCCO)cn1. The lowest BCUT2D eigenvalue weighted by molar-refractivity contribution is -0.135. The van der Waals surface area contributed by atoms with Crippen LogP contribution in [0.2, 0.25) is 10.0 Å². The van der Waals surface area contributed by atoms with Gasteiger partial charge in [-0.15, -0.1) is 0 Å². The summed E-state index contributed by atoms with van der Waals surface area (Å²) in [6.07, 6.45) is 5.23. The largest absolute Gasteiger partial charge is 0.476 e. The number of halogens is 2. The molecule has 0 aliphatic carbocycles. The number of nitrogens with zero attached hydrogens (tertiary/aromatic N) is 2. The van der Waals surface area contributed by atoms with E-state index in [1.165, 1.54) is 0 Å². The molecule has 2 aromatic rings. The number of hydrogen-bond acceptors (Lipinski definition) is 6. The Balaban J connectivity index is 1.37. The third-order valence-corrected chi connectivity index (χ3v) is 7.08. The van der Waals surface area contributed by atoms with Gasteiger partial charge in [0.2, 0.25) is 0 Å². The Hall–Kier alpha value is -2.55. The molecule has 188 valence electrons. The van der Waals surface area contributed by atoms with Gasteiger partial charge in [-0.2, -0.15) is 0 Å². The molecule has 1 aromatic heterocycles. The van der Waals surface area contributed by atoms with Crippen molar-refractivity contribution in [1.82, 2.24) is 15.6 Å². The highest BCUT2D eigenvalue weighted by Gasteiger charge is 2.43. The van der Waals surface area contributed by atoms with Crippen LogP contribution >= 0.6 is 23.2 Å². The van der Waals surface area contributed by atoms with Crippen molar-refractivity contribution in [3.05, 3.63) is 52.1 Å². The van der Waals surface area contributed by atoms with E-state index in [4.69, 9.17) is 33.0 Å². The van der Waals surface area contributed by atoms with Crippen molar-refractivity contribution < 1.29 is 19.4 Å². The first-order valence-corrected chi connectivity index (χ1v) is 12.5. The maximum atomic E-state index is 13.1. The standard InChI is InChI=1S/C25H30Cl2N4O4/c1-25(2,35-21-7-4-16(26)11-20(21)27)24(34)30-17-12-18-5-6-19(13-17)31(18)22-8-3-15(14-29-22)23(33)28-9-10-32/h3-4,7-8,11,14,17-19,32H,5-6,9-10,12-13H2,1-2H3,(H,28,33)(H,30,34)/t17-,18+,19-. The molecule has 3 heterocycles. The number of piperidine rings is 1. The lowest BCUT2D eigenvalue weighted by Gasteiger charge is -2.40. The van der Waals surface area contributed by atoms with E-state index in [9.17, 15) is 9.59 Å². The number of nitrogens with one attached hydrogen (secondary N) is 2. The maximum Gasteiger partial charge on any atom is 0.263 e. The van der Waals surface area contributed by atoms with Crippen LogP contribution < -0.4 is 20.3 Å². The molecule has 2 amide bonds. The predicted octanol–water partition coefficient (Wildman–Crippen LogP) is 3.58. The van der Waals surface area contributed by atoms with Crippen LogP contribution in [0.3, 0.4) is 0 Å². The lowest BCUT2D eigenvalue weighted by atomic mass is 9.96. The zero-order chi connectivity index (χ0) is 25.2. The minimum atomic E-state index is -1.11. The van der Waals surface area contributed by atoms with Crippen LogP contribution in [0.5, 0.6) is 5.75 Å². The number of hydrogen-bond donors (Lipinski definition) is 3. The summed E-state index contributed by atoms with van der Waals surface area (Å²) < 4.78 is 5.94. The molecule has 10 heteroatoms. The average Bonchev–Trinajstić information content (AvgIpc) is 3.09. The third-order valence-electron chi connectivity index (χ3n) is 6.55. The first-order chi connectivity index (χ1) is 16.7. The van der Waals surface area contributed by atoms with Crippen molar-refractivity contribution >= 4 is 40.8 Å². The summed E-state index contributed by atoms with van der Waals surface area (Å²) in [6, 6.07) is 9.09. The number of ether oxygens (including phenoxy) is 1. The molecule has 3 atom stereocenters. The smallest absolute Gasteiger partial charge is 0.263 e. The molecule has 35 heavy (non-hydrogen) atoms. The van der Waals surface area contributed by atoms with Gasteiger partial charge in [-0.3, -0.25) is 9.59 Å². The van der Waals surface area contributed by atoms with Crippen LogP contribution in [0, 0.1) is 0 Å². The van der Waals surface area contributed by atoms with Gasteiger partial charge >= 0.3 is 0 Å². The molecule has 8 nitrogen and oxygen atoms in total. The third kappa shape index (κ3) is 5.82. The molecule has 0 saturated carbocycles. The zero-order valence-electron chi connectivity index (χ0n) is 19.8. The van der Waals surface area contributed by atoms with Gasteiger partial charge < -0.3 is 25.4 Å². The maximum absolute atomic E-state index is 13.1. The van der Waals surface area contributed by atoms with Crippen molar-refractivity contribution in [2.45, 2.75) is 63.3 Å². The summed E-state index contributed by atoms with van der Waals surface area (Å²) in [5.41, 5.74) is -0.651. The number of carbonyl (C=O) groups is 2. The summed E-state index contributed by atoms with van der Waals surface area (Å²) in [5.74, 6) is 0.789. The van der Waals surface area contributed by atoms with Crippen LogP contribution in [0.25, 0.3) is 0 Å². The molecule has 4 rings (SSSR count). The summed E-state index contributed by atoms with van der Waals surface area (Å²) >= 11 is 12.2. The van der Waals surface area contributed by atoms with Crippen molar-refractivity contribution in [2.75, 3.05) is 18.1 Å². The molecule has 0 unspecified atom stereocenters. The van der Waals surface area contributed by atoms with E-state index < -0.39 is 5.60 Å². The Morgan fingerprint density at radius 3 is 2.49 bits per heavy atom. The van der Waals surface area contributed by atoms with E-state index in [0.29, 0.717) is 21.4 Å². The van der Waals surface area contributed by atoms with Crippen LogP contribution in [0.15, 0.2) is 36.5 Å². The number of aromatic nitrogens is 1. The van der Waals surface area contributed by atoms with Crippen molar-refractivity contribution in [1.29, 1.82) is 0 Å². The van der Waals surface area contributed by atoms with Gasteiger partial charge in [-0.1, -0.05) is 23.2 Å².